The predicted molar refractivity (Wildman–Crippen MR) is 73.4 cm³/mol. The lowest BCUT2D eigenvalue weighted by molar-refractivity contribution is -0.144. The van der Waals surface area contributed by atoms with E-state index in [-0.39, 0.29) is 11.9 Å². The van der Waals surface area contributed by atoms with Crippen molar-refractivity contribution in [3.63, 3.8) is 0 Å². The van der Waals surface area contributed by atoms with Gasteiger partial charge in [0.25, 0.3) is 0 Å². The third kappa shape index (κ3) is 5.32. The molecule has 0 saturated carbocycles. The molecule has 0 fully saturated rings. The Morgan fingerprint density at radius 1 is 1.28 bits per heavy atom. The second-order valence-electron chi connectivity index (χ2n) is 4.76. The zero-order chi connectivity index (χ0) is 13.4. The lowest BCUT2D eigenvalue weighted by atomic mass is 10.1. The zero-order valence-electron chi connectivity index (χ0n) is 11.5. The Morgan fingerprint density at radius 3 is 2.56 bits per heavy atom. The molecule has 0 aliphatic heterocycles. The average molecular weight is 249 g/mol. The molecule has 0 heterocycles. The van der Waals surface area contributed by atoms with Crippen LogP contribution in [-0.2, 0) is 16.0 Å². The number of nitrogens with one attached hydrogen (secondary N) is 1. The zero-order valence-corrected chi connectivity index (χ0v) is 11.5. The van der Waals surface area contributed by atoms with Gasteiger partial charge in [0.15, 0.2) is 0 Å². The molecule has 1 N–H and O–H groups in total. The smallest absolute Gasteiger partial charge is 0.309 e. The number of aryl methyl sites for hydroxylation is 1. The number of hydrogen-bond donors (Lipinski definition) is 1. The molecule has 1 aromatic carbocycles. The van der Waals surface area contributed by atoms with E-state index in [2.05, 4.69) is 36.5 Å². The predicted octanol–water partition coefficient (Wildman–Crippen LogP) is 2.41. The lowest BCUT2D eigenvalue weighted by Crippen LogP contribution is -2.33. The van der Waals surface area contributed by atoms with Crippen LogP contribution in [0.25, 0.3) is 0 Å². The Bertz CT molecular complexity index is 351. The van der Waals surface area contributed by atoms with Gasteiger partial charge in [0, 0.05) is 12.6 Å². The summed E-state index contributed by atoms with van der Waals surface area (Å²) in [6.45, 7) is 4.69. The van der Waals surface area contributed by atoms with Crippen LogP contribution >= 0.6 is 0 Å². The van der Waals surface area contributed by atoms with Gasteiger partial charge in [-0.1, -0.05) is 37.3 Å². The number of methoxy groups -OCH3 is 1. The molecule has 0 aliphatic rings. The maximum absolute atomic E-state index is 11.2. The van der Waals surface area contributed by atoms with Crippen molar-refractivity contribution in [3.8, 4) is 0 Å². The van der Waals surface area contributed by atoms with Crippen LogP contribution in [0.4, 0.5) is 0 Å². The fourth-order valence-electron chi connectivity index (χ4n) is 1.79. The highest BCUT2D eigenvalue weighted by Gasteiger charge is 2.13. The summed E-state index contributed by atoms with van der Waals surface area (Å²) in [7, 11) is 1.43. The van der Waals surface area contributed by atoms with Crippen LogP contribution in [0.1, 0.15) is 25.8 Å². The molecule has 18 heavy (non-hydrogen) atoms. The van der Waals surface area contributed by atoms with Gasteiger partial charge in [-0.2, -0.15) is 0 Å². The van der Waals surface area contributed by atoms with Crippen LogP contribution in [0.15, 0.2) is 30.3 Å². The van der Waals surface area contributed by atoms with E-state index >= 15 is 0 Å². The van der Waals surface area contributed by atoms with Crippen molar-refractivity contribution >= 4 is 5.97 Å². The minimum Gasteiger partial charge on any atom is -0.469 e. The van der Waals surface area contributed by atoms with Gasteiger partial charge in [-0.15, -0.1) is 0 Å². The number of benzene rings is 1. The summed E-state index contributed by atoms with van der Waals surface area (Å²) in [5, 5.41) is 3.37. The first-order valence-electron chi connectivity index (χ1n) is 6.48. The summed E-state index contributed by atoms with van der Waals surface area (Å²) in [5.41, 5.74) is 1.35. The normalized spacial score (nSPS) is 13.9. The van der Waals surface area contributed by atoms with E-state index in [0.29, 0.717) is 12.6 Å². The Labute approximate surface area is 110 Å². The second kappa shape index (κ2) is 7.88. The van der Waals surface area contributed by atoms with E-state index in [9.17, 15) is 4.79 Å². The summed E-state index contributed by atoms with van der Waals surface area (Å²) in [6.07, 6.45) is 2.12. The van der Waals surface area contributed by atoms with Gasteiger partial charge < -0.3 is 10.1 Å². The molecule has 100 valence electrons. The van der Waals surface area contributed by atoms with E-state index in [1.807, 2.05) is 13.0 Å². The van der Waals surface area contributed by atoms with Crippen molar-refractivity contribution in [2.24, 2.45) is 5.92 Å². The van der Waals surface area contributed by atoms with E-state index in [4.69, 9.17) is 4.74 Å². The van der Waals surface area contributed by atoms with Crippen molar-refractivity contribution in [1.29, 1.82) is 0 Å². The first-order chi connectivity index (χ1) is 8.63. The number of carbonyl (C=O) groups excluding carboxylic acids is 1. The summed E-state index contributed by atoms with van der Waals surface area (Å²) < 4.78 is 4.69. The summed E-state index contributed by atoms with van der Waals surface area (Å²) in [4.78, 5) is 11.2. The largest absolute Gasteiger partial charge is 0.469 e. The number of carbonyl (C=O) groups is 1. The number of ether oxygens (including phenoxy) is 1. The third-order valence-electron chi connectivity index (χ3n) is 3.08. The highest BCUT2D eigenvalue weighted by Crippen LogP contribution is 2.05. The van der Waals surface area contributed by atoms with Crippen molar-refractivity contribution in [1.82, 2.24) is 5.32 Å². The number of hydrogen-bond acceptors (Lipinski definition) is 3. The van der Waals surface area contributed by atoms with Gasteiger partial charge in [0.05, 0.1) is 13.0 Å². The van der Waals surface area contributed by atoms with E-state index in [0.717, 1.165) is 12.8 Å². The molecule has 0 unspecified atom stereocenters. The average Bonchev–Trinajstić information content (AvgIpc) is 2.42. The SMILES string of the molecule is COC(=O)[C@H](C)CN[C@H](C)CCc1ccccc1. The van der Waals surface area contributed by atoms with Crippen molar-refractivity contribution in [2.75, 3.05) is 13.7 Å². The Kier molecular flexibility index (Phi) is 6.44. The molecule has 3 heteroatoms. The summed E-state index contributed by atoms with van der Waals surface area (Å²) in [5.74, 6) is -0.244. The molecule has 0 aromatic heterocycles. The third-order valence-corrected chi connectivity index (χ3v) is 3.08. The van der Waals surface area contributed by atoms with Crippen molar-refractivity contribution in [2.45, 2.75) is 32.7 Å². The minimum atomic E-state index is -0.155. The molecule has 2 atom stereocenters. The van der Waals surface area contributed by atoms with E-state index in [1.54, 1.807) is 0 Å². The van der Waals surface area contributed by atoms with E-state index in [1.165, 1.54) is 12.7 Å². The fourth-order valence-corrected chi connectivity index (χ4v) is 1.79. The minimum absolute atomic E-state index is 0.0887. The second-order valence-corrected chi connectivity index (χ2v) is 4.76. The molecule has 0 aliphatic carbocycles. The molecule has 1 rings (SSSR count). The molecular formula is C15H23NO2. The van der Waals surface area contributed by atoms with Gasteiger partial charge in [0.2, 0.25) is 0 Å². The topological polar surface area (TPSA) is 38.3 Å². The number of rotatable bonds is 7. The maximum Gasteiger partial charge on any atom is 0.309 e. The van der Waals surface area contributed by atoms with Gasteiger partial charge in [-0.3, -0.25) is 4.79 Å². The quantitative estimate of drug-likeness (QED) is 0.754. The Hall–Kier alpha value is -1.35. The first-order valence-corrected chi connectivity index (χ1v) is 6.48. The van der Waals surface area contributed by atoms with Crippen molar-refractivity contribution in [3.05, 3.63) is 35.9 Å². The van der Waals surface area contributed by atoms with Crippen LogP contribution in [0.3, 0.4) is 0 Å². The highest BCUT2D eigenvalue weighted by atomic mass is 16.5. The van der Waals surface area contributed by atoms with Gasteiger partial charge in [-0.05, 0) is 25.3 Å². The van der Waals surface area contributed by atoms with Crippen LogP contribution < -0.4 is 5.32 Å². The Balaban J connectivity index is 2.22. The van der Waals surface area contributed by atoms with Crippen LogP contribution in [0.5, 0.6) is 0 Å². The van der Waals surface area contributed by atoms with Gasteiger partial charge in [0.1, 0.15) is 0 Å². The lowest BCUT2D eigenvalue weighted by Gasteiger charge is -2.16. The molecule has 1 aromatic rings. The summed E-state index contributed by atoms with van der Waals surface area (Å²) in [6, 6.07) is 10.8. The number of esters is 1. The fraction of sp³-hybridized carbons (Fsp3) is 0.533. The van der Waals surface area contributed by atoms with Crippen molar-refractivity contribution < 1.29 is 9.53 Å². The Morgan fingerprint density at radius 2 is 1.94 bits per heavy atom. The van der Waals surface area contributed by atoms with Crippen LogP contribution in [0, 0.1) is 5.92 Å². The van der Waals surface area contributed by atoms with E-state index < -0.39 is 0 Å². The van der Waals surface area contributed by atoms with Crippen LogP contribution in [0.2, 0.25) is 0 Å². The van der Waals surface area contributed by atoms with Gasteiger partial charge >= 0.3 is 5.97 Å². The highest BCUT2D eigenvalue weighted by molar-refractivity contribution is 5.72. The standard InChI is InChI=1S/C15H23NO2/c1-12(15(17)18-3)11-16-13(2)9-10-14-7-5-4-6-8-14/h4-8,12-13,16H,9-11H2,1-3H3/t12-,13-/m1/s1. The molecule has 0 spiro atoms. The molecule has 3 nitrogen and oxygen atoms in total. The molecular weight excluding hydrogens is 226 g/mol. The molecule has 0 amide bonds. The van der Waals surface area contributed by atoms with Crippen LogP contribution in [-0.4, -0.2) is 25.7 Å². The molecule has 0 bridgehead atoms. The molecule has 0 saturated heterocycles. The maximum atomic E-state index is 11.2. The van der Waals surface area contributed by atoms with Gasteiger partial charge in [-0.25, -0.2) is 0 Å². The first kappa shape index (κ1) is 14.7. The summed E-state index contributed by atoms with van der Waals surface area (Å²) >= 11 is 0. The molecule has 0 radical (unpaired) electrons. The monoisotopic (exact) mass is 249 g/mol.